The van der Waals surface area contributed by atoms with E-state index in [9.17, 15) is 17.6 Å². The molecular weight excluding hydrogens is 399 g/mol. The summed E-state index contributed by atoms with van der Waals surface area (Å²) in [6.45, 7) is 1.07. The number of halogens is 1. The van der Waals surface area contributed by atoms with Crippen molar-refractivity contribution in [3.05, 3.63) is 54.3 Å². The summed E-state index contributed by atoms with van der Waals surface area (Å²) in [4.78, 5) is 12.9. The van der Waals surface area contributed by atoms with Crippen LogP contribution in [0.2, 0.25) is 0 Å². The molecule has 1 amide bonds. The van der Waals surface area contributed by atoms with Gasteiger partial charge in [0.2, 0.25) is 15.9 Å². The van der Waals surface area contributed by atoms with Crippen molar-refractivity contribution in [2.75, 3.05) is 24.2 Å². The maximum Gasteiger partial charge on any atom is 0.243 e. The van der Waals surface area contributed by atoms with E-state index in [1.807, 2.05) is 0 Å². The van der Waals surface area contributed by atoms with Crippen molar-refractivity contribution in [3.8, 4) is 0 Å². The van der Waals surface area contributed by atoms with Gasteiger partial charge in [0.25, 0.3) is 0 Å². The standard InChI is InChI=1S/C20H23FN2O3S2/c21-18-9-2-3-10-19(18)27-14-11-20(24)22-16-7-6-8-17(15-16)28(25,26)23-12-4-1-5-13-23/h2-3,6-10,15H,1,4-5,11-14H2,(H,22,24). The summed E-state index contributed by atoms with van der Waals surface area (Å²) in [6.07, 6.45) is 2.99. The molecule has 1 aliphatic rings. The normalized spacial score (nSPS) is 15.3. The van der Waals surface area contributed by atoms with E-state index in [0.717, 1.165) is 19.3 Å². The van der Waals surface area contributed by atoms with Gasteiger partial charge in [-0.1, -0.05) is 24.6 Å². The lowest BCUT2D eigenvalue weighted by Crippen LogP contribution is -2.35. The first-order valence-electron chi connectivity index (χ1n) is 9.24. The van der Waals surface area contributed by atoms with Crippen LogP contribution in [0, 0.1) is 5.82 Å². The van der Waals surface area contributed by atoms with Gasteiger partial charge in [0.1, 0.15) is 5.82 Å². The van der Waals surface area contributed by atoms with Crippen LogP contribution in [0.5, 0.6) is 0 Å². The van der Waals surface area contributed by atoms with E-state index >= 15 is 0 Å². The molecule has 0 spiro atoms. The van der Waals surface area contributed by atoms with E-state index in [0.29, 0.717) is 29.4 Å². The van der Waals surface area contributed by atoms with Gasteiger partial charge in [-0.25, -0.2) is 12.8 Å². The zero-order valence-electron chi connectivity index (χ0n) is 15.4. The molecule has 3 rings (SSSR count). The molecule has 28 heavy (non-hydrogen) atoms. The lowest BCUT2D eigenvalue weighted by Gasteiger charge is -2.26. The van der Waals surface area contributed by atoms with Gasteiger partial charge in [-0.2, -0.15) is 4.31 Å². The summed E-state index contributed by atoms with van der Waals surface area (Å²) in [7, 11) is -3.54. The largest absolute Gasteiger partial charge is 0.326 e. The van der Waals surface area contributed by atoms with Crippen LogP contribution < -0.4 is 5.32 Å². The number of carbonyl (C=O) groups excluding carboxylic acids is 1. The van der Waals surface area contributed by atoms with Crippen LogP contribution in [0.3, 0.4) is 0 Å². The fourth-order valence-corrected chi connectivity index (χ4v) is 5.48. The zero-order chi connectivity index (χ0) is 20.0. The summed E-state index contributed by atoms with van der Waals surface area (Å²) in [6, 6.07) is 12.8. The smallest absolute Gasteiger partial charge is 0.243 e. The molecule has 0 aliphatic carbocycles. The van der Waals surface area contributed by atoms with Crippen LogP contribution in [0.1, 0.15) is 25.7 Å². The monoisotopic (exact) mass is 422 g/mol. The third-order valence-corrected chi connectivity index (χ3v) is 7.44. The molecule has 0 bridgehead atoms. The number of sulfonamides is 1. The molecule has 0 unspecified atom stereocenters. The maximum atomic E-state index is 13.6. The number of anilines is 1. The second-order valence-electron chi connectivity index (χ2n) is 6.57. The molecule has 1 aliphatic heterocycles. The Bertz CT molecular complexity index is 929. The van der Waals surface area contributed by atoms with Gasteiger partial charge in [-0.05, 0) is 43.2 Å². The van der Waals surface area contributed by atoms with Crippen molar-refractivity contribution < 1.29 is 17.6 Å². The van der Waals surface area contributed by atoms with Gasteiger partial charge in [0.05, 0.1) is 4.90 Å². The number of amides is 1. The number of thioether (sulfide) groups is 1. The first kappa shape index (κ1) is 20.8. The Labute approximate surface area is 169 Å². The van der Waals surface area contributed by atoms with Crippen LogP contribution in [-0.4, -0.2) is 37.5 Å². The predicted molar refractivity (Wildman–Crippen MR) is 109 cm³/mol. The SMILES string of the molecule is O=C(CCSc1ccccc1F)Nc1cccc(S(=O)(=O)N2CCCCC2)c1. The van der Waals surface area contributed by atoms with Crippen LogP contribution in [-0.2, 0) is 14.8 Å². The molecule has 1 N–H and O–H groups in total. The lowest BCUT2D eigenvalue weighted by molar-refractivity contribution is -0.115. The molecule has 1 fully saturated rings. The highest BCUT2D eigenvalue weighted by atomic mass is 32.2. The van der Waals surface area contributed by atoms with Gasteiger partial charge < -0.3 is 5.32 Å². The molecule has 1 heterocycles. The van der Waals surface area contributed by atoms with Gasteiger partial charge in [0.15, 0.2) is 0 Å². The van der Waals surface area contributed by atoms with Crippen LogP contribution >= 0.6 is 11.8 Å². The maximum absolute atomic E-state index is 13.6. The number of hydrogen-bond donors (Lipinski definition) is 1. The van der Waals surface area contributed by atoms with Crippen molar-refractivity contribution in [3.63, 3.8) is 0 Å². The third-order valence-electron chi connectivity index (χ3n) is 4.49. The fraction of sp³-hybridized carbons (Fsp3) is 0.350. The number of piperidine rings is 1. The predicted octanol–water partition coefficient (Wildman–Crippen LogP) is 4.12. The minimum atomic E-state index is -3.54. The molecule has 0 aromatic heterocycles. The van der Waals surface area contributed by atoms with Crippen LogP contribution in [0.4, 0.5) is 10.1 Å². The van der Waals surface area contributed by atoms with Crippen molar-refractivity contribution in [1.82, 2.24) is 4.31 Å². The first-order valence-corrected chi connectivity index (χ1v) is 11.7. The van der Waals surface area contributed by atoms with Crippen molar-refractivity contribution in [2.24, 2.45) is 0 Å². The van der Waals surface area contributed by atoms with Crippen LogP contribution in [0.25, 0.3) is 0 Å². The number of nitrogens with zero attached hydrogens (tertiary/aromatic N) is 1. The van der Waals surface area contributed by atoms with Crippen molar-refractivity contribution >= 4 is 33.4 Å². The number of nitrogens with one attached hydrogen (secondary N) is 1. The number of carbonyl (C=O) groups is 1. The average molecular weight is 423 g/mol. The van der Waals surface area contributed by atoms with E-state index in [2.05, 4.69) is 5.32 Å². The van der Waals surface area contributed by atoms with Gasteiger partial charge >= 0.3 is 0 Å². The fourth-order valence-electron chi connectivity index (χ4n) is 3.03. The molecule has 8 heteroatoms. The summed E-state index contributed by atoms with van der Waals surface area (Å²) >= 11 is 1.27. The zero-order valence-corrected chi connectivity index (χ0v) is 17.1. The molecule has 1 saturated heterocycles. The topological polar surface area (TPSA) is 66.5 Å². The molecular formula is C20H23FN2O3S2. The Balaban J connectivity index is 1.58. The highest BCUT2D eigenvalue weighted by Gasteiger charge is 2.26. The molecule has 2 aromatic rings. The Morgan fingerprint density at radius 2 is 1.82 bits per heavy atom. The first-order chi connectivity index (χ1) is 13.5. The summed E-state index contributed by atoms with van der Waals surface area (Å²) in [5.41, 5.74) is 0.443. The second-order valence-corrected chi connectivity index (χ2v) is 9.64. The Hall–Kier alpha value is -1.90. The highest BCUT2D eigenvalue weighted by molar-refractivity contribution is 7.99. The van der Waals surface area contributed by atoms with E-state index in [1.165, 1.54) is 28.2 Å². The van der Waals surface area contributed by atoms with Gasteiger partial charge in [0, 0.05) is 35.8 Å². The lowest BCUT2D eigenvalue weighted by atomic mass is 10.2. The molecule has 2 aromatic carbocycles. The van der Waals surface area contributed by atoms with E-state index in [-0.39, 0.29) is 23.0 Å². The molecule has 0 atom stereocenters. The van der Waals surface area contributed by atoms with Crippen LogP contribution in [0.15, 0.2) is 58.3 Å². The number of hydrogen-bond acceptors (Lipinski definition) is 4. The second kappa shape index (κ2) is 9.54. The molecule has 5 nitrogen and oxygen atoms in total. The highest BCUT2D eigenvalue weighted by Crippen LogP contribution is 2.24. The number of benzene rings is 2. The minimum absolute atomic E-state index is 0.188. The quantitative estimate of drug-likeness (QED) is 0.682. The Kier molecular flexibility index (Phi) is 7.09. The molecule has 0 radical (unpaired) electrons. The van der Waals surface area contributed by atoms with E-state index < -0.39 is 10.0 Å². The van der Waals surface area contributed by atoms with E-state index in [4.69, 9.17) is 0 Å². The van der Waals surface area contributed by atoms with Gasteiger partial charge in [-0.3, -0.25) is 4.79 Å². The molecule has 0 saturated carbocycles. The average Bonchev–Trinajstić information content (AvgIpc) is 2.70. The summed E-state index contributed by atoms with van der Waals surface area (Å²) in [5.74, 6) is -0.113. The minimum Gasteiger partial charge on any atom is -0.326 e. The van der Waals surface area contributed by atoms with Crippen molar-refractivity contribution in [2.45, 2.75) is 35.5 Å². The summed E-state index contributed by atoms with van der Waals surface area (Å²) < 4.78 is 40.6. The number of rotatable bonds is 7. The molecule has 150 valence electrons. The summed E-state index contributed by atoms with van der Waals surface area (Å²) in [5, 5.41) is 2.73. The third kappa shape index (κ3) is 5.33. The Morgan fingerprint density at radius 3 is 2.57 bits per heavy atom. The van der Waals surface area contributed by atoms with Crippen molar-refractivity contribution in [1.29, 1.82) is 0 Å². The Morgan fingerprint density at radius 1 is 1.07 bits per heavy atom. The van der Waals surface area contributed by atoms with E-state index in [1.54, 1.807) is 36.4 Å². The van der Waals surface area contributed by atoms with Gasteiger partial charge in [-0.15, -0.1) is 11.8 Å².